The maximum atomic E-state index is 8.89. The lowest BCUT2D eigenvalue weighted by Gasteiger charge is -2.07. The second-order valence-corrected chi connectivity index (χ2v) is 3.85. The van der Waals surface area contributed by atoms with Crippen molar-refractivity contribution in [1.82, 2.24) is 0 Å². The molecule has 0 aromatic heterocycles. The molecule has 20 heavy (non-hydrogen) atoms. The summed E-state index contributed by atoms with van der Waals surface area (Å²) in [6.07, 6.45) is 3.55. The molecule has 0 spiro atoms. The van der Waals surface area contributed by atoms with Crippen molar-refractivity contribution < 1.29 is 0 Å². The number of hydrogen-bond acceptors (Lipinski definition) is 4. The first-order valence-corrected chi connectivity index (χ1v) is 5.91. The third-order valence-electron chi connectivity index (χ3n) is 2.64. The molecule has 0 heterocycles. The van der Waals surface area contributed by atoms with E-state index in [1.165, 1.54) is 0 Å². The van der Waals surface area contributed by atoms with Gasteiger partial charge in [0.25, 0.3) is 0 Å². The summed E-state index contributed by atoms with van der Waals surface area (Å²) in [7, 11) is 0. The van der Waals surface area contributed by atoms with Gasteiger partial charge in [-0.25, -0.2) is 0 Å². The summed E-state index contributed by atoms with van der Waals surface area (Å²) in [5.41, 5.74) is 2.26. The van der Waals surface area contributed by atoms with Gasteiger partial charge in [0.2, 0.25) is 12.4 Å². The Labute approximate surface area is 117 Å². The molecule has 0 saturated heterocycles. The SMILES string of the molecule is N#CN=C(C(=NC#N)c1ccccc1)c1ccccc1. The van der Waals surface area contributed by atoms with Crippen LogP contribution in [0.15, 0.2) is 70.6 Å². The molecule has 94 valence electrons. The lowest BCUT2D eigenvalue weighted by atomic mass is 9.99. The maximum absolute atomic E-state index is 8.89. The Bertz CT molecular complexity index is 651. The maximum Gasteiger partial charge on any atom is 0.206 e. The molecular formula is C16H10N4. The van der Waals surface area contributed by atoms with E-state index in [1.807, 2.05) is 60.7 Å². The Hall–Kier alpha value is -3.24. The number of hydrogen-bond donors (Lipinski definition) is 0. The van der Waals surface area contributed by atoms with Gasteiger partial charge >= 0.3 is 0 Å². The highest BCUT2D eigenvalue weighted by Gasteiger charge is 2.14. The highest BCUT2D eigenvalue weighted by atomic mass is 14.8. The van der Waals surface area contributed by atoms with Gasteiger partial charge in [-0.15, -0.1) is 0 Å². The molecule has 0 bridgehead atoms. The first-order valence-electron chi connectivity index (χ1n) is 5.91. The van der Waals surface area contributed by atoms with Crippen LogP contribution in [-0.2, 0) is 0 Å². The Morgan fingerprint density at radius 2 is 1.00 bits per heavy atom. The van der Waals surface area contributed by atoms with Crippen molar-refractivity contribution in [3.05, 3.63) is 71.8 Å². The van der Waals surface area contributed by atoms with Crippen molar-refractivity contribution in [2.75, 3.05) is 0 Å². The van der Waals surface area contributed by atoms with Crippen molar-refractivity contribution in [3.63, 3.8) is 0 Å². The van der Waals surface area contributed by atoms with Crippen LogP contribution in [0, 0.1) is 22.9 Å². The van der Waals surface area contributed by atoms with Crippen LogP contribution in [0.5, 0.6) is 0 Å². The van der Waals surface area contributed by atoms with Crippen molar-refractivity contribution in [2.24, 2.45) is 9.98 Å². The van der Waals surface area contributed by atoms with Crippen LogP contribution in [0.3, 0.4) is 0 Å². The van der Waals surface area contributed by atoms with Crippen LogP contribution in [0.2, 0.25) is 0 Å². The monoisotopic (exact) mass is 258 g/mol. The minimum Gasteiger partial charge on any atom is -0.171 e. The molecule has 0 N–H and O–H groups in total. The fourth-order valence-corrected chi connectivity index (χ4v) is 1.80. The summed E-state index contributed by atoms with van der Waals surface area (Å²) in [6.45, 7) is 0. The molecule has 0 aliphatic carbocycles. The third kappa shape index (κ3) is 2.95. The molecule has 0 fully saturated rings. The summed E-state index contributed by atoms with van der Waals surface area (Å²) in [6, 6.07) is 18.4. The minimum atomic E-state index is 0.390. The van der Waals surface area contributed by atoms with E-state index in [1.54, 1.807) is 12.4 Å². The van der Waals surface area contributed by atoms with Crippen LogP contribution in [-0.4, -0.2) is 11.4 Å². The van der Waals surface area contributed by atoms with Crippen LogP contribution in [0.1, 0.15) is 11.1 Å². The summed E-state index contributed by atoms with van der Waals surface area (Å²) >= 11 is 0. The Morgan fingerprint density at radius 1 is 0.650 bits per heavy atom. The Kier molecular flexibility index (Phi) is 4.37. The molecule has 2 aromatic carbocycles. The highest BCUT2D eigenvalue weighted by Crippen LogP contribution is 2.10. The molecule has 2 rings (SSSR count). The lowest BCUT2D eigenvalue weighted by molar-refractivity contribution is 1.42. The molecule has 0 aliphatic heterocycles. The second-order valence-electron chi connectivity index (χ2n) is 3.85. The van der Waals surface area contributed by atoms with E-state index in [0.29, 0.717) is 11.4 Å². The van der Waals surface area contributed by atoms with Gasteiger partial charge in [0.15, 0.2) is 0 Å². The van der Waals surface area contributed by atoms with Gasteiger partial charge in [0, 0.05) is 11.1 Å². The van der Waals surface area contributed by atoms with Crippen LogP contribution in [0.4, 0.5) is 0 Å². The van der Waals surface area contributed by atoms with Gasteiger partial charge in [-0.05, 0) is 0 Å². The lowest BCUT2D eigenvalue weighted by Crippen LogP contribution is -2.17. The molecule has 0 radical (unpaired) electrons. The average Bonchev–Trinajstić information content (AvgIpc) is 2.52. The number of benzene rings is 2. The zero-order chi connectivity index (χ0) is 14.2. The van der Waals surface area contributed by atoms with Gasteiger partial charge in [-0.3, -0.25) is 0 Å². The first-order chi connectivity index (χ1) is 9.86. The van der Waals surface area contributed by atoms with Gasteiger partial charge in [0.1, 0.15) is 11.4 Å². The van der Waals surface area contributed by atoms with Crippen LogP contribution >= 0.6 is 0 Å². The van der Waals surface area contributed by atoms with Crippen LogP contribution in [0.25, 0.3) is 0 Å². The molecule has 4 nitrogen and oxygen atoms in total. The summed E-state index contributed by atoms with van der Waals surface area (Å²) in [4.78, 5) is 7.66. The molecule has 0 unspecified atom stereocenters. The average molecular weight is 258 g/mol. The molecule has 0 aliphatic rings. The van der Waals surface area contributed by atoms with Crippen molar-refractivity contribution >= 4 is 11.4 Å². The standard InChI is InChI=1S/C16H10N4/c17-11-19-15(13-7-3-1-4-8-13)16(20-12-18)14-9-5-2-6-10-14/h1-10H. The molecular weight excluding hydrogens is 248 g/mol. The fourth-order valence-electron chi connectivity index (χ4n) is 1.80. The molecule has 2 aromatic rings. The van der Waals surface area contributed by atoms with Crippen molar-refractivity contribution in [1.29, 1.82) is 10.5 Å². The van der Waals surface area contributed by atoms with Gasteiger partial charge < -0.3 is 0 Å². The predicted octanol–water partition coefficient (Wildman–Crippen LogP) is 2.93. The van der Waals surface area contributed by atoms with E-state index in [9.17, 15) is 0 Å². The van der Waals surface area contributed by atoms with Gasteiger partial charge in [-0.1, -0.05) is 60.7 Å². The number of nitrogens with zero attached hydrogens (tertiary/aromatic N) is 4. The largest absolute Gasteiger partial charge is 0.206 e. The van der Waals surface area contributed by atoms with Gasteiger partial charge in [-0.2, -0.15) is 20.5 Å². The summed E-state index contributed by atoms with van der Waals surface area (Å²) in [5.74, 6) is 0. The predicted molar refractivity (Wildman–Crippen MR) is 77.2 cm³/mol. The number of aliphatic imine (C=N–C) groups is 2. The molecule has 4 heteroatoms. The summed E-state index contributed by atoms with van der Waals surface area (Å²) in [5, 5.41) is 17.8. The summed E-state index contributed by atoms with van der Waals surface area (Å²) < 4.78 is 0. The first kappa shape index (κ1) is 13.2. The molecule has 0 amide bonds. The van der Waals surface area contributed by atoms with E-state index in [2.05, 4.69) is 9.98 Å². The second kappa shape index (κ2) is 6.63. The van der Waals surface area contributed by atoms with Crippen molar-refractivity contribution in [2.45, 2.75) is 0 Å². The normalized spacial score (nSPS) is 11.5. The van der Waals surface area contributed by atoms with Crippen LogP contribution < -0.4 is 0 Å². The minimum absolute atomic E-state index is 0.390. The number of nitriles is 2. The Morgan fingerprint density at radius 3 is 1.30 bits per heavy atom. The highest BCUT2D eigenvalue weighted by molar-refractivity contribution is 6.53. The van der Waals surface area contributed by atoms with Gasteiger partial charge in [0.05, 0.1) is 0 Å². The van der Waals surface area contributed by atoms with Crippen molar-refractivity contribution in [3.8, 4) is 12.4 Å². The Balaban J connectivity index is 2.59. The van der Waals surface area contributed by atoms with E-state index < -0.39 is 0 Å². The fraction of sp³-hybridized carbons (Fsp3) is 0. The smallest absolute Gasteiger partial charge is 0.171 e. The third-order valence-corrected chi connectivity index (χ3v) is 2.64. The number of rotatable bonds is 3. The molecule has 0 saturated carbocycles. The zero-order valence-electron chi connectivity index (χ0n) is 10.6. The van der Waals surface area contributed by atoms with E-state index in [-0.39, 0.29) is 0 Å². The van der Waals surface area contributed by atoms with E-state index >= 15 is 0 Å². The topological polar surface area (TPSA) is 72.3 Å². The van der Waals surface area contributed by atoms with E-state index in [4.69, 9.17) is 10.5 Å². The quantitative estimate of drug-likeness (QED) is 0.627. The van der Waals surface area contributed by atoms with E-state index in [0.717, 1.165) is 11.1 Å². The zero-order valence-corrected chi connectivity index (χ0v) is 10.6. The molecule has 0 atom stereocenters.